The van der Waals surface area contributed by atoms with E-state index in [1.165, 1.54) is 0 Å². The number of carbonyl (C=O) groups is 1. The van der Waals surface area contributed by atoms with E-state index in [-0.39, 0.29) is 0 Å². The fourth-order valence-electron chi connectivity index (χ4n) is 0.866. The van der Waals surface area contributed by atoms with Crippen molar-refractivity contribution >= 4 is 26.8 Å². The van der Waals surface area contributed by atoms with Crippen molar-refractivity contribution in [3.8, 4) is 0 Å². The van der Waals surface area contributed by atoms with Crippen LogP contribution in [-0.2, 0) is 42.3 Å². The average Bonchev–Trinajstić information content (AvgIpc) is 2.34. The summed E-state index contributed by atoms with van der Waals surface area (Å²) in [6.45, 7) is -0.895. The molecule has 0 aliphatic carbocycles. The third-order valence-electron chi connectivity index (χ3n) is 1.36. The highest BCUT2D eigenvalue weighted by Gasteiger charge is 2.63. The van der Waals surface area contributed by atoms with Crippen LogP contribution in [0.3, 0.4) is 0 Å². The topological polar surface area (TPSA) is 122 Å². The molecule has 1 spiro atoms. The standard InChI is InChI=1S/C3H2O9S2/c4-2-3(12-14(7,8)10-2)1-9-13(5,6)11-3/h1H2. The van der Waals surface area contributed by atoms with E-state index < -0.39 is 39.2 Å². The molecule has 9 nitrogen and oxygen atoms in total. The summed E-state index contributed by atoms with van der Waals surface area (Å²) < 4.78 is 58.2. The summed E-state index contributed by atoms with van der Waals surface area (Å²) in [7, 11) is -8.97. The first-order valence-corrected chi connectivity index (χ1v) is 5.71. The average molecular weight is 246 g/mol. The molecule has 2 saturated heterocycles. The van der Waals surface area contributed by atoms with E-state index in [0.29, 0.717) is 0 Å². The Hall–Kier alpha value is -0.750. The number of carbonyl (C=O) groups excluding carboxylic acids is 1. The zero-order chi connectivity index (χ0) is 10.6. The molecule has 0 bridgehead atoms. The molecule has 1 unspecified atom stereocenters. The molecule has 80 valence electrons. The fourth-order valence-corrected chi connectivity index (χ4v) is 2.56. The van der Waals surface area contributed by atoms with Crippen molar-refractivity contribution in [2.45, 2.75) is 5.79 Å². The van der Waals surface area contributed by atoms with Gasteiger partial charge in [0.25, 0.3) is 0 Å². The molecule has 0 aromatic heterocycles. The zero-order valence-electron chi connectivity index (χ0n) is 6.20. The summed E-state index contributed by atoms with van der Waals surface area (Å²) in [4.78, 5) is 10.9. The molecule has 11 heteroatoms. The number of hydrogen-bond donors (Lipinski definition) is 0. The molecule has 2 fully saturated rings. The van der Waals surface area contributed by atoms with Crippen molar-refractivity contribution in [2.75, 3.05) is 6.61 Å². The van der Waals surface area contributed by atoms with Gasteiger partial charge in [-0.25, -0.2) is 8.98 Å². The van der Waals surface area contributed by atoms with Gasteiger partial charge in [0.05, 0.1) is 0 Å². The van der Waals surface area contributed by atoms with Crippen LogP contribution >= 0.6 is 0 Å². The monoisotopic (exact) mass is 246 g/mol. The van der Waals surface area contributed by atoms with E-state index in [2.05, 4.69) is 16.7 Å². The van der Waals surface area contributed by atoms with Gasteiger partial charge in [0, 0.05) is 0 Å². The van der Waals surface area contributed by atoms with Crippen LogP contribution in [0.1, 0.15) is 0 Å². The smallest absolute Gasteiger partial charge is 0.319 e. The molecule has 0 saturated carbocycles. The van der Waals surface area contributed by atoms with Gasteiger partial charge < -0.3 is 4.18 Å². The number of hydrogen-bond acceptors (Lipinski definition) is 9. The van der Waals surface area contributed by atoms with Gasteiger partial charge >= 0.3 is 32.6 Å². The van der Waals surface area contributed by atoms with Gasteiger partial charge in [0.2, 0.25) is 0 Å². The minimum atomic E-state index is -4.56. The van der Waals surface area contributed by atoms with Gasteiger partial charge in [0.15, 0.2) is 0 Å². The quantitative estimate of drug-likeness (QED) is 0.468. The van der Waals surface area contributed by atoms with Gasteiger partial charge in [-0.15, -0.1) is 0 Å². The molecule has 1 atom stereocenters. The maximum atomic E-state index is 10.9. The molecular formula is C3H2O9S2. The van der Waals surface area contributed by atoms with E-state index in [1.54, 1.807) is 0 Å². The van der Waals surface area contributed by atoms with E-state index in [4.69, 9.17) is 0 Å². The predicted molar refractivity (Wildman–Crippen MR) is 34.8 cm³/mol. The third-order valence-corrected chi connectivity index (χ3v) is 3.06. The van der Waals surface area contributed by atoms with Crippen molar-refractivity contribution in [3.05, 3.63) is 0 Å². The molecule has 0 N–H and O–H groups in total. The minimum Gasteiger partial charge on any atom is -0.319 e. The normalized spacial score (nSPS) is 38.7. The molecule has 0 radical (unpaired) electrons. The molecule has 14 heavy (non-hydrogen) atoms. The maximum absolute atomic E-state index is 10.9. The second-order valence-electron chi connectivity index (χ2n) is 2.37. The lowest BCUT2D eigenvalue weighted by Gasteiger charge is -2.07. The summed E-state index contributed by atoms with van der Waals surface area (Å²) in [5.41, 5.74) is 0. The van der Waals surface area contributed by atoms with Crippen molar-refractivity contribution in [2.24, 2.45) is 0 Å². The van der Waals surface area contributed by atoms with Crippen LogP contribution in [0.5, 0.6) is 0 Å². The molecule has 2 aliphatic heterocycles. The lowest BCUT2D eigenvalue weighted by atomic mass is 10.3. The Bertz CT molecular complexity index is 480. The van der Waals surface area contributed by atoms with Gasteiger partial charge in [-0.1, -0.05) is 0 Å². The summed E-state index contributed by atoms with van der Waals surface area (Å²) in [6, 6.07) is 0. The Labute approximate surface area is 78.2 Å². The summed E-state index contributed by atoms with van der Waals surface area (Å²) in [5, 5.41) is 0. The first-order valence-electron chi connectivity index (χ1n) is 3.04. The molecule has 0 amide bonds. The zero-order valence-corrected chi connectivity index (χ0v) is 7.83. The van der Waals surface area contributed by atoms with Crippen LogP contribution < -0.4 is 0 Å². The lowest BCUT2D eigenvalue weighted by Crippen LogP contribution is -2.38. The van der Waals surface area contributed by atoms with Gasteiger partial charge in [-0.05, 0) is 0 Å². The van der Waals surface area contributed by atoms with Crippen molar-refractivity contribution in [3.63, 3.8) is 0 Å². The van der Waals surface area contributed by atoms with Gasteiger partial charge in [-0.3, -0.25) is 0 Å². The van der Waals surface area contributed by atoms with Crippen LogP contribution in [0.25, 0.3) is 0 Å². The van der Waals surface area contributed by atoms with Crippen LogP contribution in [-0.4, -0.2) is 35.2 Å². The molecule has 2 aliphatic rings. The fraction of sp³-hybridized carbons (Fsp3) is 0.667. The predicted octanol–water partition coefficient (Wildman–Crippen LogP) is -2.21. The Kier molecular flexibility index (Phi) is 1.70. The van der Waals surface area contributed by atoms with Crippen molar-refractivity contribution < 1.29 is 38.4 Å². The van der Waals surface area contributed by atoms with E-state index in [9.17, 15) is 21.6 Å². The van der Waals surface area contributed by atoms with Crippen molar-refractivity contribution in [1.82, 2.24) is 0 Å². The summed E-state index contributed by atoms with van der Waals surface area (Å²) in [6.07, 6.45) is 0. The Morgan fingerprint density at radius 1 is 1.07 bits per heavy atom. The second kappa shape index (κ2) is 2.43. The highest BCUT2D eigenvalue weighted by molar-refractivity contribution is 7.83. The summed E-state index contributed by atoms with van der Waals surface area (Å²) in [5.74, 6) is -4.03. The van der Waals surface area contributed by atoms with E-state index >= 15 is 0 Å². The van der Waals surface area contributed by atoms with Crippen LogP contribution in [0, 0.1) is 0 Å². The highest BCUT2D eigenvalue weighted by Crippen LogP contribution is 2.34. The van der Waals surface area contributed by atoms with Crippen LogP contribution in [0.4, 0.5) is 0 Å². The van der Waals surface area contributed by atoms with Crippen molar-refractivity contribution in [1.29, 1.82) is 0 Å². The molecule has 0 aromatic rings. The molecule has 2 heterocycles. The van der Waals surface area contributed by atoms with Gasteiger partial charge in [0.1, 0.15) is 6.61 Å². The van der Waals surface area contributed by atoms with Gasteiger partial charge in [-0.2, -0.15) is 25.2 Å². The van der Waals surface area contributed by atoms with E-state index in [1.807, 2.05) is 0 Å². The SMILES string of the molecule is O=C1OS(=O)(=O)OC12COS(=O)(=O)O2. The van der Waals surface area contributed by atoms with Crippen LogP contribution in [0.15, 0.2) is 0 Å². The summed E-state index contributed by atoms with van der Waals surface area (Å²) >= 11 is 0. The minimum absolute atomic E-state index is 0.895. The molecule has 0 aromatic carbocycles. The molecule has 2 rings (SSSR count). The maximum Gasteiger partial charge on any atom is 0.455 e. The van der Waals surface area contributed by atoms with Crippen LogP contribution in [0.2, 0.25) is 0 Å². The Morgan fingerprint density at radius 2 is 1.64 bits per heavy atom. The third kappa shape index (κ3) is 1.38. The number of rotatable bonds is 0. The molecular weight excluding hydrogens is 244 g/mol. The Balaban J connectivity index is 2.42. The highest BCUT2D eigenvalue weighted by atomic mass is 32.3. The lowest BCUT2D eigenvalue weighted by molar-refractivity contribution is -0.163. The second-order valence-corrected chi connectivity index (χ2v) is 4.74. The first kappa shape index (κ1) is 9.79. The Morgan fingerprint density at radius 3 is 2.00 bits per heavy atom. The largest absolute Gasteiger partial charge is 0.455 e. The first-order chi connectivity index (χ1) is 6.25. The van der Waals surface area contributed by atoms with E-state index in [0.717, 1.165) is 0 Å².